The molecular formula is C94H72F16N26. The summed E-state index contributed by atoms with van der Waals surface area (Å²) in [6.45, 7) is 0. The topological polar surface area (TPSA) is 326 Å². The van der Waals surface area contributed by atoms with Crippen LogP contribution < -0.4 is 43.0 Å². The number of hydrazone groups is 4. The highest BCUT2D eigenvalue weighted by Gasteiger charge is 2.35. The van der Waals surface area contributed by atoms with Gasteiger partial charge in [0.25, 0.3) is 0 Å². The van der Waals surface area contributed by atoms with Gasteiger partial charge in [-0.3, -0.25) is 29.9 Å². The minimum atomic E-state index is -4.42. The Bertz CT molecular complexity index is 6750. The van der Waals surface area contributed by atoms with Gasteiger partial charge in [0.1, 0.15) is 17.1 Å². The molecule has 0 aliphatic heterocycles. The van der Waals surface area contributed by atoms with Crippen molar-refractivity contribution in [3.63, 3.8) is 0 Å². The van der Waals surface area contributed by atoms with Gasteiger partial charge in [-0.1, -0.05) is 54.6 Å². The van der Waals surface area contributed by atoms with Crippen molar-refractivity contribution in [2.45, 2.75) is 81.5 Å². The van der Waals surface area contributed by atoms with E-state index in [9.17, 15) is 70.2 Å². The summed E-state index contributed by atoms with van der Waals surface area (Å²) in [6.07, 6.45) is 12.3. The summed E-state index contributed by atoms with van der Waals surface area (Å²) in [7, 11) is 0. The summed E-state index contributed by atoms with van der Waals surface area (Å²) in [5.74, 6) is -0.302. The summed E-state index contributed by atoms with van der Waals surface area (Å²) in [4.78, 5) is 57.4. The first-order chi connectivity index (χ1) is 65.4. The van der Waals surface area contributed by atoms with Crippen molar-refractivity contribution in [2.75, 3.05) is 43.0 Å². The zero-order chi connectivity index (χ0) is 95.4. The van der Waals surface area contributed by atoms with Gasteiger partial charge < -0.3 is 21.3 Å². The molecule has 10 heterocycles. The standard InChI is InChI=1S/C26H21F4N7.C25H19F4N7.C23H16F4N6.C20H16F4N6/c27-23-15-33-25(36-24(23)18-9-17(11-31-12-18)8-16-4-5-16)37-34-14-21-6-7-22(13-32-21)35-20-3-1-2-19(10-20)26(28,29)30;26-22-14-32-24(35-23(22)17-8-16(10-30-11-17)15-4-5-15)36-33-13-20-6-7-21(12-31-20)34-19-3-1-2-18(9-19)25(27,28)29;24-20-14-29-22(32-21(20)15-5-2-1-3-6-15)33-30-13-18-9-10-19(12-28-18)31-17-8-4-7-16(11-17)23(25,26)27;21-17-11-26-19(29-18(17)12-4-5-12)30-27-10-15-6-7-16(9-25-15)28-14-3-1-2-13(8-14)20(22,23)24/h1-3,6-7,9-16,35H,4-5,8H2,(H,33,36,37);1-3,6-15,34H,4-5H2,(H,32,35,36);1-14,31H,(H,29,32,33);1-3,6-12,28H,4-5H2,(H,26,29,30)/b34-14+;33-13+;30-13+;27-10+. The first-order valence-corrected chi connectivity index (χ1v) is 41.3. The molecule has 10 aromatic heterocycles. The van der Waals surface area contributed by atoms with E-state index in [1.165, 1.54) is 111 Å². The molecule has 0 amide bonds. The Morgan fingerprint density at radius 2 is 0.618 bits per heavy atom. The van der Waals surface area contributed by atoms with Crippen LogP contribution in [-0.4, -0.2) is 94.6 Å². The molecular weight excluding hydrogens is 1800 g/mol. The van der Waals surface area contributed by atoms with Gasteiger partial charge in [0.15, 0.2) is 23.3 Å². The monoisotopic (exact) mass is 1870 g/mol. The molecule has 3 saturated carbocycles. The molecule has 26 nitrogen and oxygen atoms in total. The fraction of sp³-hybridized carbons (Fsp3) is 0.149. The number of pyridine rings is 6. The number of benzene rings is 5. The van der Waals surface area contributed by atoms with E-state index in [1.54, 1.807) is 97.6 Å². The number of nitrogens with zero attached hydrogens (tertiary/aromatic N) is 18. The van der Waals surface area contributed by atoms with E-state index < -0.39 is 70.2 Å². The van der Waals surface area contributed by atoms with Gasteiger partial charge in [-0.15, -0.1) is 0 Å². The van der Waals surface area contributed by atoms with Crippen LogP contribution in [0.2, 0.25) is 0 Å². The van der Waals surface area contributed by atoms with Crippen molar-refractivity contribution in [2.24, 2.45) is 26.3 Å². The van der Waals surface area contributed by atoms with E-state index in [2.05, 4.69) is 133 Å². The number of nitrogens with one attached hydrogen (secondary N) is 8. The van der Waals surface area contributed by atoms with Crippen LogP contribution in [0.3, 0.4) is 0 Å². The second-order valence-electron chi connectivity index (χ2n) is 30.4. The highest BCUT2D eigenvalue weighted by molar-refractivity contribution is 5.81. The molecule has 3 aliphatic carbocycles. The molecule has 5 aromatic carbocycles. The fourth-order valence-electron chi connectivity index (χ4n) is 12.8. The number of rotatable bonds is 27. The lowest BCUT2D eigenvalue weighted by Gasteiger charge is -2.10. The minimum Gasteiger partial charge on any atom is -0.354 e. The Balaban J connectivity index is 0.000000138. The van der Waals surface area contributed by atoms with Crippen molar-refractivity contribution in [3.8, 4) is 33.8 Å². The normalized spacial score (nSPS) is 13.2. The summed E-state index contributed by atoms with van der Waals surface area (Å²) in [6, 6.07) is 45.3. The Hall–Kier alpha value is -16.7. The number of aromatic nitrogens is 14. The quantitative estimate of drug-likeness (QED) is 0.0135. The number of anilines is 12. The van der Waals surface area contributed by atoms with E-state index in [4.69, 9.17) is 0 Å². The van der Waals surface area contributed by atoms with Crippen LogP contribution in [-0.2, 0) is 31.1 Å². The predicted molar refractivity (Wildman–Crippen MR) is 481 cm³/mol. The van der Waals surface area contributed by atoms with E-state index in [1.807, 2.05) is 18.2 Å². The number of halogens is 16. The molecule has 18 rings (SSSR count). The van der Waals surface area contributed by atoms with Gasteiger partial charge in [0.2, 0.25) is 23.8 Å². The van der Waals surface area contributed by atoms with Gasteiger partial charge >= 0.3 is 24.7 Å². The van der Waals surface area contributed by atoms with Crippen molar-refractivity contribution >= 4 is 94.2 Å². The average Bonchev–Trinajstić information content (AvgIpc) is 1.84. The highest BCUT2D eigenvalue weighted by atomic mass is 19.4. The van der Waals surface area contributed by atoms with Crippen LogP contribution in [0.5, 0.6) is 0 Å². The van der Waals surface area contributed by atoms with Gasteiger partial charge in [0, 0.05) is 70.1 Å². The molecule has 3 fully saturated rings. The number of hydrogen-bond donors (Lipinski definition) is 8. The second-order valence-corrected chi connectivity index (χ2v) is 30.4. The molecule has 8 N–H and O–H groups in total. The summed E-state index contributed by atoms with van der Waals surface area (Å²) >= 11 is 0. The maximum absolute atomic E-state index is 14.4. The zero-order valence-corrected chi connectivity index (χ0v) is 70.4. The molecule has 0 radical (unpaired) electrons. The van der Waals surface area contributed by atoms with E-state index in [-0.39, 0.29) is 63.9 Å². The molecule has 15 aromatic rings. The third kappa shape index (κ3) is 27.5. The third-order valence-electron chi connectivity index (χ3n) is 19.9. The zero-order valence-electron chi connectivity index (χ0n) is 70.4. The molecule has 690 valence electrons. The Morgan fingerprint density at radius 3 is 0.949 bits per heavy atom. The Morgan fingerprint density at radius 1 is 0.287 bits per heavy atom. The largest absolute Gasteiger partial charge is 0.416 e. The predicted octanol–water partition coefficient (Wildman–Crippen LogP) is 23.4. The Labute approximate surface area is 762 Å². The van der Waals surface area contributed by atoms with Crippen LogP contribution in [0, 0.1) is 29.2 Å². The molecule has 3 aliphatic rings. The smallest absolute Gasteiger partial charge is 0.354 e. The van der Waals surface area contributed by atoms with Crippen LogP contribution in [0.1, 0.15) is 112 Å². The second kappa shape index (κ2) is 42.7. The summed E-state index contributed by atoms with van der Waals surface area (Å²) in [5.41, 5.74) is 17.4. The Kier molecular flexibility index (Phi) is 29.5. The SMILES string of the molecule is Fc1cnc(N/N=C/c2ccc(Nc3cccc(C(F)(F)F)c3)cn2)nc1-c1ccccc1.Fc1cnc(N/N=C/c2ccc(Nc3cccc(C(F)(F)F)c3)cn2)nc1-c1cncc(C2CC2)c1.Fc1cnc(N/N=C/c2ccc(Nc3cccc(C(F)(F)F)c3)cn2)nc1-c1cncc(CC2CC2)c1.Fc1cnc(N/N=C/c2ccc(Nc3cccc(C(F)(F)F)c3)cn2)nc1C1CC1. The maximum atomic E-state index is 14.4. The van der Waals surface area contributed by atoms with Crippen LogP contribution in [0.25, 0.3) is 33.8 Å². The van der Waals surface area contributed by atoms with Crippen molar-refractivity contribution in [3.05, 3.63) is 348 Å². The van der Waals surface area contributed by atoms with E-state index >= 15 is 0 Å². The van der Waals surface area contributed by atoms with Crippen molar-refractivity contribution in [1.82, 2.24) is 69.8 Å². The van der Waals surface area contributed by atoms with Gasteiger partial charge in [0.05, 0.1) is 148 Å². The summed E-state index contributed by atoms with van der Waals surface area (Å²) < 4.78 is 211. The average molecular weight is 1870 g/mol. The number of alkyl halides is 12. The number of hydrogen-bond acceptors (Lipinski definition) is 26. The highest BCUT2D eigenvalue weighted by Crippen LogP contribution is 2.43. The van der Waals surface area contributed by atoms with Crippen molar-refractivity contribution < 1.29 is 70.2 Å². The van der Waals surface area contributed by atoms with Gasteiger partial charge in [-0.25, -0.2) is 79.1 Å². The van der Waals surface area contributed by atoms with Gasteiger partial charge in [-0.05, 0) is 201 Å². The van der Waals surface area contributed by atoms with Crippen LogP contribution >= 0.6 is 0 Å². The molecule has 0 atom stereocenters. The van der Waals surface area contributed by atoms with Crippen LogP contribution in [0.15, 0.2) is 283 Å². The third-order valence-corrected chi connectivity index (χ3v) is 19.9. The van der Waals surface area contributed by atoms with E-state index in [0.717, 1.165) is 117 Å². The maximum Gasteiger partial charge on any atom is 0.416 e. The first kappa shape index (κ1) is 93.9. The lowest BCUT2D eigenvalue weighted by Crippen LogP contribution is -2.05. The van der Waals surface area contributed by atoms with Crippen molar-refractivity contribution in [1.29, 1.82) is 0 Å². The van der Waals surface area contributed by atoms with Gasteiger partial charge in [-0.2, -0.15) is 73.1 Å². The molecule has 0 spiro atoms. The van der Waals surface area contributed by atoms with E-state index in [0.29, 0.717) is 85.4 Å². The molecule has 136 heavy (non-hydrogen) atoms. The molecule has 42 heteroatoms. The molecule has 0 saturated heterocycles. The molecule has 0 bridgehead atoms. The summed E-state index contributed by atoms with van der Waals surface area (Å²) in [5, 5.41) is 27.6. The lowest BCUT2D eigenvalue weighted by molar-refractivity contribution is -0.138. The fourth-order valence-corrected chi connectivity index (χ4v) is 12.8. The first-order valence-electron chi connectivity index (χ1n) is 41.3. The lowest BCUT2D eigenvalue weighted by atomic mass is 10.1. The van der Waals surface area contributed by atoms with Crippen LogP contribution in [0.4, 0.5) is 140 Å². The molecule has 0 unspecified atom stereocenters. The minimum absolute atomic E-state index is 0.0994.